The second-order valence-corrected chi connectivity index (χ2v) is 5.55. The molecule has 96 valence electrons. The van der Waals surface area contributed by atoms with Gasteiger partial charge >= 0.3 is 0 Å². The van der Waals surface area contributed by atoms with Gasteiger partial charge in [-0.15, -0.1) is 11.6 Å². The lowest BCUT2D eigenvalue weighted by Gasteiger charge is -2.39. The van der Waals surface area contributed by atoms with Crippen molar-refractivity contribution in [3.8, 4) is 6.07 Å². The van der Waals surface area contributed by atoms with E-state index < -0.39 is 0 Å². The van der Waals surface area contributed by atoms with Gasteiger partial charge in [-0.3, -0.25) is 0 Å². The van der Waals surface area contributed by atoms with Gasteiger partial charge < -0.3 is 4.90 Å². The SMILES string of the molecule is CC1CCC(C)N(c2ccc(CCl)cc2C#N)C1. The molecule has 1 saturated heterocycles. The fourth-order valence-corrected chi connectivity index (χ4v) is 2.80. The predicted octanol–water partition coefficient (Wildman–Crippen LogP) is 3.92. The van der Waals surface area contributed by atoms with Crippen molar-refractivity contribution in [3.05, 3.63) is 29.3 Å². The highest BCUT2D eigenvalue weighted by Gasteiger charge is 2.24. The molecule has 2 unspecified atom stereocenters. The van der Waals surface area contributed by atoms with Crippen LogP contribution in [0.2, 0.25) is 0 Å². The van der Waals surface area contributed by atoms with Gasteiger partial charge in [0.25, 0.3) is 0 Å². The molecule has 1 aromatic carbocycles. The molecule has 2 atom stereocenters. The number of nitriles is 1. The van der Waals surface area contributed by atoms with E-state index in [9.17, 15) is 5.26 Å². The van der Waals surface area contributed by atoms with Crippen molar-refractivity contribution in [3.63, 3.8) is 0 Å². The zero-order valence-corrected chi connectivity index (χ0v) is 11.7. The second-order valence-electron chi connectivity index (χ2n) is 5.28. The van der Waals surface area contributed by atoms with Crippen LogP contribution in [-0.4, -0.2) is 12.6 Å². The number of alkyl halides is 1. The Bertz CT molecular complexity index is 464. The number of piperidine rings is 1. The summed E-state index contributed by atoms with van der Waals surface area (Å²) in [5.41, 5.74) is 2.81. The van der Waals surface area contributed by atoms with Gasteiger partial charge in [-0.1, -0.05) is 13.0 Å². The molecular weight excluding hydrogens is 244 g/mol. The van der Waals surface area contributed by atoms with E-state index in [1.807, 2.05) is 18.2 Å². The summed E-state index contributed by atoms with van der Waals surface area (Å²) < 4.78 is 0. The summed E-state index contributed by atoms with van der Waals surface area (Å²) >= 11 is 5.82. The van der Waals surface area contributed by atoms with Crippen LogP contribution in [0.3, 0.4) is 0 Å². The maximum Gasteiger partial charge on any atom is 0.101 e. The highest BCUT2D eigenvalue weighted by molar-refractivity contribution is 6.17. The Morgan fingerprint density at radius 2 is 2.17 bits per heavy atom. The Balaban J connectivity index is 2.34. The normalized spacial score (nSPS) is 23.8. The summed E-state index contributed by atoms with van der Waals surface area (Å²) in [4.78, 5) is 2.37. The fourth-order valence-electron chi connectivity index (χ4n) is 2.63. The molecule has 2 rings (SSSR count). The Morgan fingerprint density at radius 1 is 1.39 bits per heavy atom. The molecule has 1 fully saturated rings. The average Bonchev–Trinajstić information content (AvgIpc) is 2.41. The van der Waals surface area contributed by atoms with Crippen LogP contribution in [0.5, 0.6) is 0 Å². The molecule has 0 radical (unpaired) electrons. The average molecular weight is 263 g/mol. The molecule has 18 heavy (non-hydrogen) atoms. The van der Waals surface area contributed by atoms with Gasteiger partial charge in [0.1, 0.15) is 6.07 Å². The highest BCUT2D eigenvalue weighted by atomic mass is 35.5. The minimum Gasteiger partial charge on any atom is -0.367 e. The monoisotopic (exact) mass is 262 g/mol. The van der Waals surface area contributed by atoms with Crippen molar-refractivity contribution in [2.45, 2.75) is 38.6 Å². The third-order valence-electron chi connectivity index (χ3n) is 3.76. The summed E-state index contributed by atoms with van der Waals surface area (Å²) in [6.45, 7) is 5.55. The molecule has 3 heteroatoms. The van der Waals surface area contributed by atoms with Crippen LogP contribution < -0.4 is 4.90 Å². The number of hydrogen-bond acceptors (Lipinski definition) is 2. The first-order valence-electron chi connectivity index (χ1n) is 6.51. The lowest BCUT2D eigenvalue weighted by molar-refractivity contribution is 0.390. The minimum absolute atomic E-state index is 0.459. The number of rotatable bonds is 2. The van der Waals surface area contributed by atoms with Crippen molar-refractivity contribution < 1.29 is 0 Å². The van der Waals surface area contributed by atoms with Crippen molar-refractivity contribution in [1.82, 2.24) is 0 Å². The summed E-state index contributed by atoms with van der Waals surface area (Å²) in [6, 6.07) is 8.79. The molecule has 0 bridgehead atoms. The molecule has 1 aromatic rings. The maximum absolute atomic E-state index is 9.30. The molecule has 0 spiro atoms. The van der Waals surface area contributed by atoms with Crippen LogP contribution in [0.15, 0.2) is 18.2 Å². The quantitative estimate of drug-likeness (QED) is 0.756. The van der Waals surface area contributed by atoms with Gasteiger partial charge in [-0.25, -0.2) is 0 Å². The lowest BCUT2D eigenvalue weighted by atomic mass is 9.93. The largest absolute Gasteiger partial charge is 0.367 e. The summed E-state index contributed by atoms with van der Waals surface area (Å²) in [5, 5.41) is 9.30. The van der Waals surface area contributed by atoms with Crippen molar-refractivity contribution in [2.75, 3.05) is 11.4 Å². The molecule has 0 aliphatic carbocycles. The van der Waals surface area contributed by atoms with Gasteiger partial charge in [-0.2, -0.15) is 5.26 Å². The Labute approximate surface area is 114 Å². The van der Waals surface area contributed by atoms with E-state index in [-0.39, 0.29) is 0 Å². The van der Waals surface area contributed by atoms with E-state index in [4.69, 9.17) is 11.6 Å². The van der Waals surface area contributed by atoms with Crippen LogP contribution in [0.25, 0.3) is 0 Å². The first-order chi connectivity index (χ1) is 8.65. The van der Waals surface area contributed by atoms with E-state index in [1.54, 1.807) is 0 Å². The molecule has 1 heterocycles. The van der Waals surface area contributed by atoms with E-state index in [0.717, 1.165) is 23.4 Å². The molecule has 0 saturated carbocycles. The zero-order valence-electron chi connectivity index (χ0n) is 11.0. The second kappa shape index (κ2) is 5.63. The first kappa shape index (κ1) is 13.2. The van der Waals surface area contributed by atoms with E-state index in [1.165, 1.54) is 12.8 Å². The zero-order chi connectivity index (χ0) is 13.1. The third-order valence-corrected chi connectivity index (χ3v) is 4.07. The highest BCUT2D eigenvalue weighted by Crippen LogP contribution is 2.30. The molecule has 0 aromatic heterocycles. The molecule has 0 amide bonds. The number of benzene rings is 1. The molecule has 1 aliphatic rings. The van der Waals surface area contributed by atoms with Gasteiger partial charge in [0.15, 0.2) is 0 Å². The van der Waals surface area contributed by atoms with Crippen molar-refractivity contribution >= 4 is 17.3 Å². The van der Waals surface area contributed by atoms with Crippen LogP contribution in [-0.2, 0) is 5.88 Å². The number of anilines is 1. The summed E-state index contributed by atoms with van der Waals surface area (Å²) in [5.74, 6) is 1.15. The van der Waals surface area contributed by atoms with E-state index in [2.05, 4.69) is 24.8 Å². The van der Waals surface area contributed by atoms with Gasteiger partial charge in [0.2, 0.25) is 0 Å². The number of hydrogen-bond donors (Lipinski definition) is 0. The Kier molecular flexibility index (Phi) is 4.14. The first-order valence-corrected chi connectivity index (χ1v) is 7.04. The van der Waals surface area contributed by atoms with E-state index in [0.29, 0.717) is 17.8 Å². The topological polar surface area (TPSA) is 27.0 Å². The third kappa shape index (κ3) is 2.62. The van der Waals surface area contributed by atoms with Crippen LogP contribution >= 0.6 is 11.6 Å². The number of nitrogens with zero attached hydrogens (tertiary/aromatic N) is 2. The molecule has 1 aliphatic heterocycles. The van der Waals surface area contributed by atoms with Crippen molar-refractivity contribution in [1.29, 1.82) is 5.26 Å². The minimum atomic E-state index is 0.459. The Hall–Kier alpha value is -1.20. The summed E-state index contributed by atoms with van der Waals surface area (Å²) in [6.07, 6.45) is 2.47. The van der Waals surface area contributed by atoms with Crippen molar-refractivity contribution in [2.24, 2.45) is 5.92 Å². The lowest BCUT2D eigenvalue weighted by Crippen LogP contribution is -2.41. The van der Waals surface area contributed by atoms with E-state index >= 15 is 0 Å². The maximum atomic E-state index is 9.30. The molecular formula is C15H19ClN2. The molecule has 2 nitrogen and oxygen atoms in total. The smallest absolute Gasteiger partial charge is 0.101 e. The summed E-state index contributed by atoms with van der Waals surface area (Å²) in [7, 11) is 0. The standard InChI is InChI=1S/C15H19ClN2/c1-11-3-4-12(2)18(10-11)15-6-5-13(8-16)7-14(15)9-17/h5-7,11-12H,3-4,8,10H2,1-2H3. The van der Waals surface area contributed by atoms with Gasteiger partial charge in [0, 0.05) is 18.5 Å². The van der Waals surface area contributed by atoms with Gasteiger partial charge in [-0.05, 0) is 43.4 Å². The number of halogens is 1. The van der Waals surface area contributed by atoms with Crippen LogP contribution in [0, 0.1) is 17.2 Å². The van der Waals surface area contributed by atoms with Gasteiger partial charge in [0.05, 0.1) is 11.3 Å². The predicted molar refractivity (Wildman–Crippen MR) is 75.9 cm³/mol. The van der Waals surface area contributed by atoms with Crippen LogP contribution in [0.1, 0.15) is 37.8 Å². The van der Waals surface area contributed by atoms with Crippen LogP contribution in [0.4, 0.5) is 5.69 Å². The fraction of sp³-hybridized carbons (Fsp3) is 0.533. The molecule has 0 N–H and O–H groups in total. The Morgan fingerprint density at radius 3 is 2.83 bits per heavy atom.